The van der Waals surface area contributed by atoms with Crippen molar-refractivity contribution >= 4 is 5.69 Å². The lowest BCUT2D eigenvalue weighted by molar-refractivity contribution is 0.332. The van der Waals surface area contributed by atoms with Gasteiger partial charge in [-0.25, -0.2) is 0 Å². The van der Waals surface area contributed by atoms with Gasteiger partial charge in [-0.3, -0.25) is 0 Å². The molecule has 17 heavy (non-hydrogen) atoms. The maximum atomic E-state index is 3.52. The molecule has 0 aliphatic carbocycles. The molecule has 0 radical (unpaired) electrons. The maximum absolute atomic E-state index is 3.52. The van der Waals surface area contributed by atoms with Gasteiger partial charge < -0.3 is 10.2 Å². The van der Waals surface area contributed by atoms with Gasteiger partial charge in [0.2, 0.25) is 0 Å². The summed E-state index contributed by atoms with van der Waals surface area (Å²) < 4.78 is 0. The standard InChI is InChI=1S/C15H24N2/c1-4-17(14-7-5-6-12(2)10-14)15-11-16-9-8-13(15)3/h5-7,10,13,15-16H,4,8-9,11H2,1-3H3. The second kappa shape index (κ2) is 5.54. The van der Waals surface area contributed by atoms with Crippen LogP contribution in [0.1, 0.15) is 25.8 Å². The molecule has 2 unspecified atom stereocenters. The van der Waals surface area contributed by atoms with E-state index >= 15 is 0 Å². The number of aryl methyl sites for hydroxylation is 1. The number of hydrogen-bond acceptors (Lipinski definition) is 2. The first-order valence-electron chi connectivity index (χ1n) is 6.76. The Bertz CT molecular complexity index is 362. The zero-order chi connectivity index (χ0) is 12.3. The molecule has 1 aromatic rings. The molecule has 1 N–H and O–H groups in total. The van der Waals surface area contributed by atoms with Crippen molar-refractivity contribution in [3.8, 4) is 0 Å². The highest BCUT2D eigenvalue weighted by Crippen LogP contribution is 2.24. The first-order chi connectivity index (χ1) is 8.22. The molecule has 2 atom stereocenters. The predicted octanol–water partition coefficient (Wildman–Crippen LogP) is 2.82. The number of piperidine rings is 1. The van der Waals surface area contributed by atoms with Crippen molar-refractivity contribution in [2.24, 2.45) is 5.92 Å². The van der Waals surface area contributed by atoms with E-state index in [4.69, 9.17) is 0 Å². The monoisotopic (exact) mass is 232 g/mol. The number of hydrogen-bond donors (Lipinski definition) is 1. The van der Waals surface area contributed by atoms with Gasteiger partial charge in [0, 0.05) is 24.8 Å². The molecule has 94 valence electrons. The molecular weight excluding hydrogens is 208 g/mol. The van der Waals surface area contributed by atoms with Gasteiger partial charge in [0.15, 0.2) is 0 Å². The Labute approximate surface area is 105 Å². The van der Waals surface area contributed by atoms with Crippen molar-refractivity contribution in [2.75, 3.05) is 24.5 Å². The fourth-order valence-electron chi connectivity index (χ4n) is 2.81. The first kappa shape index (κ1) is 12.4. The Morgan fingerprint density at radius 2 is 2.24 bits per heavy atom. The van der Waals surface area contributed by atoms with Crippen LogP contribution in [0.4, 0.5) is 5.69 Å². The molecule has 2 nitrogen and oxygen atoms in total. The first-order valence-corrected chi connectivity index (χ1v) is 6.76. The highest BCUT2D eigenvalue weighted by Gasteiger charge is 2.26. The van der Waals surface area contributed by atoms with Crippen LogP contribution in [-0.2, 0) is 0 Å². The van der Waals surface area contributed by atoms with Crippen LogP contribution >= 0.6 is 0 Å². The van der Waals surface area contributed by atoms with Crippen molar-refractivity contribution in [1.82, 2.24) is 5.32 Å². The lowest BCUT2D eigenvalue weighted by Crippen LogP contribution is -2.50. The van der Waals surface area contributed by atoms with Gasteiger partial charge in [-0.15, -0.1) is 0 Å². The minimum atomic E-state index is 0.635. The summed E-state index contributed by atoms with van der Waals surface area (Å²) in [6.45, 7) is 10.2. The summed E-state index contributed by atoms with van der Waals surface area (Å²) in [7, 11) is 0. The van der Waals surface area contributed by atoms with E-state index in [1.165, 1.54) is 24.2 Å². The number of nitrogens with zero attached hydrogens (tertiary/aromatic N) is 1. The number of anilines is 1. The number of rotatable bonds is 3. The summed E-state index contributed by atoms with van der Waals surface area (Å²) >= 11 is 0. The molecule has 1 aliphatic rings. The quantitative estimate of drug-likeness (QED) is 0.862. The second-order valence-corrected chi connectivity index (χ2v) is 5.16. The molecule has 1 heterocycles. The van der Waals surface area contributed by atoms with Gasteiger partial charge in [-0.1, -0.05) is 19.1 Å². The minimum Gasteiger partial charge on any atom is -0.367 e. The van der Waals surface area contributed by atoms with E-state index in [1.54, 1.807) is 0 Å². The van der Waals surface area contributed by atoms with Crippen molar-refractivity contribution in [3.63, 3.8) is 0 Å². The topological polar surface area (TPSA) is 15.3 Å². The van der Waals surface area contributed by atoms with E-state index in [9.17, 15) is 0 Å². The molecule has 1 fully saturated rings. The van der Waals surface area contributed by atoms with Crippen LogP contribution in [-0.4, -0.2) is 25.7 Å². The average Bonchev–Trinajstić information content (AvgIpc) is 2.33. The molecule has 0 saturated carbocycles. The van der Waals surface area contributed by atoms with Crippen molar-refractivity contribution in [1.29, 1.82) is 0 Å². The van der Waals surface area contributed by atoms with Crippen LogP contribution in [0.3, 0.4) is 0 Å². The smallest absolute Gasteiger partial charge is 0.0440 e. The van der Waals surface area contributed by atoms with E-state index < -0.39 is 0 Å². The highest BCUT2D eigenvalue weighted by molar-refractivity contribution is 5.49. The van der Waals surface area contributed by atoms with Crippen LogP contribution in [0.5, 0.6) is 0 Å². The van der Waals surface area contributed by atoms with Gasteiger partial charge in [0.25, 0.3) is 0 Å². The molecule has 2 rings (SSSR count). The lowest BCUT2D eigenvalue weighted by Gasteiger charge is -2.40. The van der Waals surface area contributed by atoms with E-state index in [1.807, 2.05) is 0 Å². The molecule has 0 aromatic heterocycles. The molecule has 1 saturated heterocycles. The van der Waals surface area contributed by atoms with Gasteiger partial charge in [0.1, 0.15) is 0 Å². The van der Waals surface area contributed by atoms with E-state index in [-0.39, 0.29) is 0 Å². The Morgan fingerprint density at radius 3 is 2.88 bits per heavy atom. The molecule has 0 amide bonds. The number of benzene rings is 1. The molecular formula is C15H24N2. The minimum absolute atomic E-state index is 0.635. The summed E-state index contributed by atoms with van der Waals surface area (Å²) in [4.78, 5) is 2.55. The second-order valence-electron chi connectivity index (χ2n) is 5.16. The molecule has 2 heteroatoms. The zero-order valence-corrected chi connectivity index (χ0v) is 11.2. The normalized spacial score (nSPS) is 24.6. The number of nitrogens with one attached hydrogen (secondary N) is 1. The van der Waals surface area contributed by atoms with E-state index in [0.717, 1.165) is 19.0 Å². The summed E-state index contributed by atoms with van der Waals surface area (Å²) in [5, 5.41) is 3.52. The van der Waals surface area contributed by atoms with Gasteiger partial charge in [-0.2, -0.15) is 0 Å². The third kappa shape index (κ3) is 2.81. The molecule has 0 bridgehead atoms. The summed E-state index contributed by atoms with van der Waals surface area (Å²) in [5.74, 6) is 0.775. The predicted molar refractivity (Wildman–Crippen MR) is 74.6 cm³/mol. The van der Waals surface area contributed by atoms with Gasteiger partial charge in [0.05, 0.1) is 0 Å². The van der Waals surface area contributed by atoms with Crippen molar-refractivity contribution in [3.05, 3.63) is 29.8 Å². The van der Waals surface area contributed by atoms with Crippen LogP contribution < -0.4 is 10.2 Å². The third-order valence-electron chi connectivity index (χ3n) is 3.86. The molecule has 1 aromatic carbocycles. The third-order valence-corrected chi connectivity index (χ3v) is 3.86. The zero-order valence-electron chi connectivity index (χ0n) is 11.2. The van der Waals surface area contributed by atoms with Crippen molar-refractivity contribution in [2.45, 2.75) is 33.2 Å². The van der Waals surface area contributed by atoms with Gasteiger partial charge in [-0.05, 0) is 50.4 Å². The summed E-state index contributed by atoms with van der Waals surface area (Å²) in [6, 6.07) is 9.49. The highest BCUT2D eigenvalue weighted by atomic mass is 15.2. The molecule has 0 spiro atoms. The van der Waals surface area contributed by atoms with Crippen LogP contribution in [0.25, 0.3) is 0 Å². The molecule has 1 aliphatic heterocycles. The maximum Gasteiger partial charge on any atom is 0.0440 e. The summed E-state index contributed by atoms with van der Waals surface area (Å²) in [6.07, 6.45) is 1.28. The Balaban J connectivity index is 2.20. The fourth-order valence-corrected chi connectivity index (χ4v) is 2.81. The van der Waals surface area contributed by atoms with E-state index in [0.29, 0.717) is 6.04 Å². The Hall–Kier alpha value is -1.02. The Kier molecular flexibility index (Phi) is 4.06. The van der Waals surface area contributed by atoms with E-state index in [2.05, 4.69) is 55.3 Å². The van der Waals surface area contributed by atoms with Crippen molar-refractivity contribution < 1.29 is 0 Å². The number of likely N-dealkylation sites (N-methyl/N-ethyl adjacent to an activating group) is 1. The Morgan fingerprint density at radius 1 is 1.41 bits per heavy atom. The van der Waals surface area contributed by atoms with Crippen LogP contribution in [0, 0.1) is 12.8 Å². The summed E-state index contributed by atoms with van der Waals surface area (Å²) in [5.41, 5.74) is 2.71. The van der Waals surface area contributed by atoms with Crippen LogP contribution in [0.15, 0.2) is 24.3 Å². The fraction of sp³-hybridized carbons (Fsp3) is 0.600. The lowest BCUT2D eigenvalue weighted by atomic mass is 9.93. The largest absolute Gasteiger partial charge is 0.367 e. The van der Waals surface area contributed by atoms with Crippen LogP contribution in [0.2, 0.25) is 0 Å². The average molecular weight is 232 g/mol. The van der Waals surface area contributed by atoms with Gasteiger partial charge >= 0.3 is 0 Å². The SMILES string of the molecule is CCN(c1cccc(C)c1)C1CNCCC1C.